The molecule has 62 heavy (non-hydrogen) atoms. The first-order valence-corrected chi connectivity index (χ1v) is 23.2. The minimum atomic E-state index is -0.793. The Morgan fingerprint density at radius 2 is 1.82 bits per heavy atom. The zero-order valence-corrected chi connectivity index (χ0v) is 38.0. The minimum absolute atomic E-state index is 0.0816. The number of methoxy groups -OCH3 is 1. The number of anilines is 1. The highest BCUT2D eigenvalue weighted by Gasteiger charge is 2.42. The number of pyridine rings is 1. The number of unbranched alkanes of at least 4 members (excludes halogenated alkanes) is 1. The lowest BCUT2D eigenvalue weighted by atomic mass is 9.84. The third-order valence-electron chi connectivity index (χ3n) is 13.7. The summed E-state index contributed by atoms with van der Waals surface area (Å²) >= 11 is 0. The van der Waals surface area contributed by atoms with E-state index < -0.39 is 17.5 Å². The van der Waals surface area contributed by atoms with Gasteiger partial charge in [-0.3, -0.25) is 29.3 Å². The number of hydrogen-bond donors (Lipinski definition) is 2. The third kappa shape index (κ3) is 9.29. The first-order valence-electron chi connectivity index (χ1n) is 23.2. The molecule has 12 nitrogen and oxygen atoms in total. The lowest BCUT2D eigenvalue weighted by molar-refractivity contribution is -0.155. The lowest BCUT2D eigenvalue weighted by Crippen LogP contribution is -2.60. The average Bonchev–Trinajstić information content (AvgIpc) is 3.96. The summed E-state index contributed by atoms with van der Waals surface area (Å²) in [4.78, 5) is 51.7. The molecular weight excluding hydrogens is 779 g/mol. The predicted molar refractivity (Wildman–Crippen MR) is 244 cm³/mol. The van der Waals surface area contributed by atoms with E-state index in [9.17, 15) is 14.4 Å². The Kier molecular flexibility index (Phi) is 13.1. The van der Waals surface area contributed by atoms with Crippen LogP contribution < -0.4 is 15.6 Å². The molecule has 2 saturated heterocycles. The molecule has 5 atom stereocenters. The number of carbonyl (C=O) groups excluding carboxylic acids is 3. The van der Waals surface area contributed by atoms with Crippen molar-refractivity contribution < 1.29 is 23.9 Å². The maximum absolute atomic E-state index is 14.3. The number of nitrogens with zero attached hydrogens (tertiary/aromatic N) is 5. The largest absolute Gasteiger partial charge is 0.464 e. The number of hydrazine groups is 1. The fourth-order valence-electron chi connectivity index (χ4n) is 9.77. The van der Waals surface area contributed by atoms with E-state index in [0.717, 1.165) is 95.9 Å². The second kappa shape index (κ2) is 18.5. The molecule has 6 bridgehead atoms. The third-order valence-corrected chi connectivity index (χ3v) is 13.7. The number of piperazine rings is 1. The second-order valence-electron chi connectivity index (χ2n) is 19.0. The summed E-state index contributed by atoms with van der Waals surface area (Å²) in [6, 6.07) is 15.9. The highest BCUT2D eigenvalue weighted by atomic mass is 16.5. The van der Waals surface area contributed by atoms with E-state index in [0.29, 0.717) is 38.1 Å². The van der Waals surface area contributed by atoms with Gasteiger partial charge in [0.1, 0.15) is 12.1 Å². The quantitative estimate of drug-likeness (QED) is 0.158. The molecular formula is C50H67N7O5. The van der Waals surface area contributed by atoms with Crippen LogP contribution in [0.25, 0.3) is 33.3 Å². The van der Waals surface area contributed by atoms with E-state index in [1.165, 1.54) is 23.4 Å². The lowest BCUT2D eigenvalue weighted by Gasteiger charge is -2.36. The van der Waals surface area contributed by atoms with Gasteiger partial charge in [0, 0.05) is 80.6 Å². The minimum Gasteiger partial charge on any atom is -0.464 e. The van der Waals surface area contributed by atoms with Gasteiger partial charge in [0.05, 0.1) is 36.0 Å². The van der Waals surface area contributed by atoms with Crippen LogP contribution in [0.1, 0.15) is 96.6 Å². The van der Waals surface area contributed by atoms with E-state index in [1.54, 1.807) is 7.11 Å². The van der Waals surface area contributed by atoms with Gasteiger partial charge in [-0.15, -0.1) is 0 Å². The summed E-state index contributed by atoms with van der Waals surface area (Å²) in [5.74, 6) is -0.489. The van der Waals surface area contributed by atoms with Gasteiger partial charge in [-0.05, 0) is 98.9 Å². The number of esters is 1. The van der Waals surface area contributed by atoms with Gasteiger partial charge in [-0.1, -0.05) is 64.4 Å². The smallest absolute Gasteiger partial charge is 0.324 e. The van der Waals surface area contributed by atoms with Crippen LogP contribution in [0.15, 0.2) is 54.7 Å². The molecule has 3 fully saturated rings. The van der Waals surface area contributed by atoms with Crippen LogP contribution in [0.3, 0.4) is 0 Å². The average molecular weight is 846 g/mol. The Balaban J connectivity index is 1.25. The molecule has 8 rings (SSSR count). The molecule has 5 heterocycles. The van der Waals surface area contributed by atoms with Crippen LogP contribution in [0.4, 0.5) is 5.69 Å². The van der Waals surface area contributed by atoms with Crippen LogP contribution in [-0.4, -0.2) is 102 Å². The number of benzene rings is 2. The van der Waals surface area contributed by atoms with Gasteiger partial charge in [0.2, 0.25) is 5.91 Å². The molecule has 332 valence electrons. The summed E-state index contributed by atoms with van der Waals surface area (Å²) in [6.07, 6.45) is 7.17. The number of aryl methyl sites for hydroxylation is 1. The Morgan fingerprint density at radius 1 is 1.05 bits per heavy atom. The number of aromatic nitrogens is 2. The molecule has 0 unspecified atom stereocenters. The second-order valence-corrected chi connectivity index (χ2v) is 19.0. The maximum atomic E-state index is 14.3. The first kappa shape index (κ1) is 43.9. The topological polar surface area (TPSA) is 121 Å². The van der Waals surface area contributed by atoms with Crippen LogP contribution in [-0.2, 0) is 43.2 Å². The highest BCUT2D eigenvalue weighted by Crippen LogP contribution is 2.43. The zero-order valence-electron chi connectivity index (χ0n) is 38.0. The van der Waals surface area contributed by atoms with Crippen molar-refractivity contribution >= 4 is 34.4 Å². The number of hydrogen-bond acceptors (Lipinski definition) is 9. The molecule has 2 aromatic heterocycles. The molecule has 4 aliphatic rings. The van der Waals surface area contributed by atoms with Gasteiger partial charge >= 0.3 is 5.97 Å². The predicted octanol–water partition coefficient (Wildman–Crippen LogP) is 7.32. The van der Waals surface area contributed by atoms with Crippen molar-refractivity contribution in [2.24, 2.45) is 17.3 Å². The van der Waals surface area contributed by atoms with Crippen molar-refractivity contribution in [3.05, 3.63) is 71.5 Å². The van der Waals surface area contributed by atoms with Gasteiger partial charge in [0.25, 0.3) is 5.91 Å². The summed E-state index contributed by atoms with van der Waals surface area (Å²) in [5, 5.41) is 5.78. The Labute approximate surface area is 367 Å². The number of fused-ring (bicyclic) bond motifs is 6. The zero-order chi connectivity index (χ0) is 43.7. The van der Waals surface area contributed by atoms with Crippen LogP contribution in [0, 0.1) is 17.3 Å². The van der Waals surface area contributed by atoms with Gasteiger partial charge < -0.3 is 24.3 Å². The maximum Gasteiger partial charge on any atom is 0.324 e. The summed E-state index contributed by atoms with van der Waals surface area (Å²) in [7, 11) is 1.74. The molecule has 4 aromatic rings. The Hall–Kier alpha value is -4.78. The van der Waals surface area contributed by atoms with Crippen LogP contribution >= 0.6 is 0 Å². The monoisotopic (exact) mass is 846 g/mol. The van der Waals surface area contributed by atoms with Crippen molar-refractivity contribution in [3.63, 3.8) is 0 Å². The number of amides is 2. The van der Waals surface area contributed by atoms with E-state index in [4.69, 9.17) is 14.5 Å². The highest BCUT2D eigenvalue weighted by molar-refractivity contribution is 5.96. The van der Waals surface area contributed by atoms with E-state index >= 15 is 0 Å². The fourth-order valence-corrected chi connectivity index (χ4v) is 9.77. The fraction of sp³-hybridized carbons (Fsp3) is 0.560. The molecule has 12 heteroatoms. The van der Waals surface area contributed by atoms with E-state index in [1.807, 2.05) is 18.3 Å². The van der Waals surface area contributed by atoms with Crippen LogP contribution in [0.2, 0.25) is 0 Å². The molecule has 1 aliphatic carbocycles. The van der Waals surface area contributed by atoms with Crippen molar-refractivity contribution in [2.75, 3.05) is 57.9 Å². The first-order chi connectivity index (χ1) is 29.9. The van der Waals surface area contributed by atoms with Gasteiger partial charge in [0.15, 0.2) is 0 Å². The molecule has 3 aliphatic heterocycles. The van der Waals surface area contributed by atoms with Crippen molar-refractivity contribution in [1.29, 1.82) is 0 Å². The summed E-state index contributed by atoms with van der Waals surface area (Å²) in [5.41, 5.74) is 12.3. The van der Waals surface area contributed by atoms with E-state index in [-0.39, 0.29) is 36.4 Å². The standard InChI is InChI=1S/C50H67N7O5/c1-8-10-18-54-20-22-55(23-21-54)37-28-40(45(51-30-37)33(4)61-7)46-41-29-50(5,6)31-62-49(60)42-15-12-19-57(53-42)48(59)43(52-47(58)38-24-32(38)3)26-34-13-11-14-35(25-34)36-16-17-44(39(41)27-36)56(46)9-2/h11,13-14,16-17,25,27-28,30,32-33,38,42-43,53H,8-10,12,15,18-24,26,29,31H2,1-7H3,(H,52,58)/t32-,33-,38-,42-,43-/m0/s1. The van der Waals surface area contributed by atoms with E-state index in [2.05, 4.69) is 103 Å². The SMILES string of the molecule is CCCCN1CCN(c2cnc([C@H](C)OC)c(-c3c4c5cc(ccc5n3CC)-c3cccc(c3)C[C@H](NC(=O)[C@H]3C[C@@H]3C)C(=O)N3CCC[C@H](N3)C(=O)OCC(C)(C)C4)c2)CC1. The molecule has 1 saturated carbocycles. The number of carbonyl (C=O) groups is 3. The van der Waals surface area contributed by atoms with Crippen molar-refractivity contribution in [3.8, 4) is 22.4 Å². The number of rotatable bonds is 10. The van der Waals surface area contributed by atoms with Crippen molar-refractivity contribution in [1.82, 2.24) is 30.2 Å². The van der Waals surface area contributed by atoms with Crippen LogP contribution in [0.5, 0.6) is 0 Å². The van der Waals surface area contributed by atoms with Crippen molar-refractivity contribution in [2.45, 2.75) is 111 Å². The summed E-state index contributed by atoms with van der Waals surface area (Å²) < 4.78 is 14.6. The van der Waals surface area contributed by atoms with Gasteiger partial charge in [-0.2, -0.15) is 0 Å². The number of nitrogens with one attached hydrogen (secondary N) is 2. The molecule has 0 radical (unpaired) electrons. The molecule has 2 aromatic carbocycles. The Bertz CT molecular complexity index is 2280. The molecule has 2 amide bonds. The Morgan fingerprint density at radius 3 is 2.55 bits per heavy atom. The van der Waals surface area contributed by atoms with Gasteiger partial charge in [-0.25, -0.2) is 5.43 Å². The molecule has 0 spiro atoms. The normalized spacial score (nSPS) is 23.8. The molecule has 2 N–H and O–H groups in total. The number of cyclic esters (lactones) is 1. The summed E-state index contributed by atoms with van der Waals surface area (Å²) in [6.45, 7) is 19.4. The number of ether oxygens (including phenoxy) is 2.